The SMILES string of the molecule is COc1cc(C(=O)NNC(=O)CCc2ccc(C)cc2)ccc1OC(C)C. The number of ether oxygens (including phenoxy) is 2. The van der Waals surface area contributed by atoms with Crippen LogP contribution in [0.5, 0.6) is 11.5 Å². The highest BCUT2D eigenvalue weighted by molar-refractivity contribution is 5.96. The molecule has 0 fully saturated rings. The maximum Gasteiger partial charge on any atom is 0.269 e. The van der Waals surface area contributed by atoms with Crippen molar-refractivity contribution in [2.24, 2.45) is 0 Å². The second kappa shape index (κ2) is 9.62. The second-order valence-electron chi connectivity index (χ2n) is 6.52. The molecule has 0 spiro atoms. The van der Waals surface area contributed by atoms with E-state index in [1.807, 2.05) is 45.0 Å². The molecule has 0 aliphatic heterocycles. The van der Waals surface area contributed by atoms with Gasteiger partial charge in [-0.3, -0.25) is 20.4 Å². The van der Waals surface area contributed by atoms with E-state index >= 15 is 0 Å². The summed E-state index contributed by atoms with van der Waals surface area (Å²) in [5.74, 6) is 0.344. The summed E-state index contributed by atoms with van der Waals surface area (Å²) >= 11 is 0. The summed E-state index contributed by atoms with van der Waals surface area (Å²) in [5, 5.41) is 0. The molecule has 2 amide bonds. The van der Waals surface area contributed by atoms with Crippen molar-refractivity contribution in [2.75, 3.05) is 7.11 Å². The van der Waals surface area contributed by atoms with Crippen LogP contribution in [0.4, 0.5) is 0 Å². The van der Waals surface area contributed by atoms with Crippen LogP contribution in [-0.4, -0.2) is 25.0 Å². The fourth-order valence-corrected chi connectivity index (χ4v) is 2.43. The monoisotopic (exact) mass is 370 g/mol. The van der Waals surface area contributed by atoms with Crippen molar-refractivity contribution in [2.45, 2.75) is 39.7 Å². The van der Waals surface area contributed by atoms with Crippen molar-refractivity contribution < 1.29 is 19.1 Å². The van der Waals surface area contributed by atoms with Gasteiger partial charge in [-0.1, -0.05) is 29.8 Å². The van der Waals surface area contributed by atoms with Gasteiger partial charge >= 0.3 is 0 Å². The number of nitrogens with one attached hydrogen (secondary N) is 2. The van der Waals surface area contributed by atoms with E-state index in [0.29, 0.717) is 23.5 Å². The van der Waals surface area contributed by atoms with E-state index in [-0.39, 0.29) is 18.4 Å². The van der Waals surface area contributed by atoms with Crippen molar-refractivity contribution in [1.29, 1.82) is 0 Å². The molecule has 0 radical (unpaired) electrons. The number of aryl methyl sites for hydroxylation is 2. The van der Waals surface area contributed by atoms with Crippen LogP contribution in [0.2, 0.25) is 0 Å². The summed E-state index contributed by atoms with van der Waals surface area (Å²) in [7, 11) is 1.51. The number of benzene rings is 2. The minimum absolute atomic E-state index is 0.00797. The van der Waals surface area contributed by atoms with Crippen molar-refractivity contribution >= 4 is 11.8 Å². The average Bonchev–Trinajstić information content (AvgIpc) is 2.65. The van der Waals surface area contributed by atoms with E-state index in [1.165, 1.54) is 12.7 Å². The lowest BCUT2D eigenvalue weighted by Gasteiger charge is -2.14. The van der Waals surface area contributed by atoms with Gasteiger partial charge in [0.05, 0.1) is 13.2 Å². The van der Waals surface area contributed by atoms with Crippen molar-refractivity contribution in [1.82, 2.24) is 10.9 Å². The molecule has 0 aliphatic rings. The first-order valence-electron chi connectivity index (χ1n) is 8.88. The predicted octanol–water partition coefficient (Wildman–Crippen LogP) is 3.18. The third-order valence-electron chi connectivity index (χ3n) is 3.87. The van der Waals surface area contributed by atoms with Crippen LogP contribution in [0, 0.1) is 6.92 Å². The van der Waals surface area contributed by atoms with Crippen molar-refractivity contribution in [3.8, 4) is 11.5 Å². The minimum Gasteiger partial charge on any atom is -0.493 e. The van der Waals surface area contributed by atoms with Gasteiger partial charge < -0.3 is 9.47 Å². The molecule has 0 heterocycles. The number of carbonyl (C=O) groups excluding carboxylic acids is 2. The molecule has 0 unspecified atom stereocenters. The summed E-state index contributed by atoms with van der Waals surface area (Å²) in [6.07, 6.45) is 0.886. The Labute approximate surface area is 159 Å². The van der Waals surface area contributed by atoms with E-state index in [0.717, 1.165) is 5.56 Å². The molecule has 2 aromatic rings. The van der Waals surface area contributed by atoms with Crippen LogP contribution in [0.3, 0.4) is 0 Å². The Hall–Kier alpha value is -3.02. The Morgan fingerprint density at radius 2 is 1.70 bits per heavy atom. The molecular formula is C21H26N2O4. The molecule has 0 aliphatic carbocycles. The van der Waals surface area contributed by atoms with Gasteiger partial charge in [0.15, 0.2) is 11.5 Å². The molecular weight excluding hydrogens is 344 g/mol. The summed E-state index contributed by atoms with van der Waals surface area (Å²) in [5.41, 5.74) is 7.47. The van der Waals surface area contributed by atoms with E-state index in [4.69, 9.17) is 9.47 Å². The first-order chi connectivity index (χ1) is 12.9. The first-order valence-corrected chi connectivity index (χ1v) is 8.88. The zero-order valence-corrected chi connectivity index (χ0v) is 16.2. The van der Waals surface area contributed by atoms with E-state index < -0.39 is 5.91 Å². The highest BCUT2D eigenvalue weighted by atomic mass is 16.5. The molecule has 6 heteroatoms. The summed E-state index contributed by atoms with van der Waals surface area (Å²) in [6, 6.07) is 12.9. The fraction of sp³-hybridized carbons (Fsp3) is 0.333. The van der Waals surface area contributed by atoms with Crippen molar-refractivity contribution in [3.05, 3.63) is 59.2 Å². The van der Waals surface area contributed by atoms with Gasteiger partial charge in [0, 0.05) is 12.0 Å². The topological polar surface area (TPSA) is 76.7 Å². The van der Waals surface area contributed by atoms with E-state index in [2.05, 4.69) is 10.9 Å². The number of hydrogen-bond donors (Lipinski definition) is 2. The second-order valence-corrected chi connectivity index (χ2v) is 6.52. The Morgan fingerprint density at radius 3 is 2.33 bits per heavy atom. The van der Waals surface area contributed by atoms with Crippen LogP contribution in [0.15, 0.2) is 42.5 Å². The summed E-state index contributed by atoms with van der Waals surface area (Å²) in [6.45, 7) is 5.83. The molecule has 27 heavy (non-hydrogen) atoms. The lowest BCUT2D eigenvalue weighted by molar-refractivity contribution is -0.121. The molecule has 2 N–H and O–H groups in total. The van der Waals surface area contributed by atoms with Gasteiger partial charge in [-0.15, -0.1) is 0 Å². The highest BCUT2D eigenvalue weighted by Gasteiger charge is 2.13. The average molecular weight is 370 g/mol. The number of rotatable bonds is 7. The van der Waals surface area contributed by atoms with Gasteiger partial charge in [0.2, 0.25) is 5.91 Å². The zero-order chi connectivity index (χ0) is 19.8. The summed E-state index contributed by atoms with van der Waals surface area (Å²) in [4.78, 5) is 24.2. The predicted molar refractivity (Wildman–Crippen MR) is 104 cm³/mol. The molecule has 144 valence electrons. The standard InChI is InChI=1S/C21H26N2O4/c1-14(2)27-18-11-10-17(13-19(18)26-4)21(25)23-22-20(24)12-9-16-7-5-15(3)6-8-16/h5-8,10-11,13-14H,9,12H2,1-4H3,(H,22,24)(H,23,25). The molecule has 0 saturated heterocycles. The van der Waals surface area contributed by atoms with Crippen LogP contribution in [-0.2, 0) is 11.2 Å². The number of hydrogen-bond acceptors (Lipinski definition) is 4. The number of hydrazine groups is 1. The maximum absolute atomic E-state index is 12.2. The van der Waals surface area contributed by atoms with Crippen LogP contribution >= 0.6 is 0 Å². The lowest BCUT2D eigenvalue weighted by atomic mass is 10.1. The van der Waals surface area contributed by atoms with Gasteiger partial charge in [-0.05, 0) is 51.0 Å². The number of carbonyl (C=O) groups is 2. The minimum atomic E-state index is -0.423. The van der Waals surface area contributed by atoms with Gasteiger partial charge in [0.1, 0.15) is 0 Å². The Bertz CT molecular complexity index is 785. The summed E-state index contributed by atoms with van der Waals surface area (Å²) < 4.78 is 10.9. The number of methoxy groups -OCH3 is 1. The van der Waals surface area contributed by atoms with Crippen LogP contribution < -0.4 is 20.3 Å². The quantitative estimate of drug-likeness (QED) is 0.734. The molecule has 0 atom stereocenters. The smallest absolute Gasteiger partial charge is 0.269 e. The highest BCUT2D eigenvalue weighted by Crippen LogP contribution is 2.28. The maximum atomic E-state index is 12.2. The largest absolute Gasteiger partial charge is 0.493 e. The van der Waals surface area contributed by atoms with Gasteiger partial charge in [0.25, 0.3) is 5.91 Å². The normalized spacial score (nSPS) is 10.4. The first kappa shape index (κ1) is 20.3. The van der Waals surface area contributed by atoms with E-state index in [1.54, 1.807) is 18.2 Å². The van der Waals surface area contributed by atoms with Gasteiger partial charge in [-0.25, -0.2) is 0 Å². The van der Waals surface area contributed by atoms with Crippen molar-refractivity contribution in [3.63, 3.8) is 0 Å². The zero-order valence-electron chi connectivity index (χ0n) is 16.2. The Kier molecular flexibility index (Phi) is 7.23. The third-order valence-corrected chi connectivity index (χ3v) is 3.87. The molecule has 0 aromatic heterocycles. The van der Waals surface area contributed by atoms with E-state index in [9.17, 15) is 9.59 Å². The molecule has 2 rings (SSSR count). The molecule has 0 bridgehead atoms. The van der Waals surface area contributed by atoms with Crippen LogP contribution in [0.1, 0.15) is 41.8 Å². The number of amides is 2. The molecule has 6 nitrogen and oxygen atoms in total. The lowest BCUT2D eigenvalue weighted by Crippen LogP contribution is -2.41. The third kappa shape index (κ3) is 6.33. The van der Waals surface area contributed by atoms with Gasteiger partial charge in [-0.2, -0.15) is 0 Å². The fourth-order valence-electron chi connectivity index (χ4n) is 2.43. The molecule has 2 aromatic carbocycles. The Balaban J connectivity index is 1.87. The Morgan fingerprint density at radius 1 is 1.00 bits per heavy atom. The molecule has 0 saturated carbocycles. The van der Waals surface area contributed by atoms with Crippen LogP contribution in [0.25, 0.3) is 0 Å².